The Balaban J connectivity index is 2.12. The van der Waals surface area contributed by atoms with Crippen molar-refractivity contribution in [2.24, 2.45) is 10.9 Å². The molecule has 6 atom stereocenters. The number of thioether (sulfide) groups is 1. The second-order valence-electron chi connectivity index (χ2n) is 5.25. The van der Waals surface area contributed by atoms with Crippen LogP contribution in [-0.2, 0) is 4.74 Å². The molecule has 19 heavy (non-hydrogen) atoms. The molecular formula is C12H22N2O4S. The quantitative estimate of drug-likeness (QED) is 0.561. The van der Waals surface area contributed by atoms with E-state index in [1.165, 1.54) is 11.8 Å². The molecule has 2 fully saturated rings. The lowest BCUT2D eigenvalue weighted by molar-refractivity contribution is -0.193. The van der Waals surface area contributed by atoms with E-state index in [4.69, 9.17) is 4.74 Å². The third-order valence-electron chi connectivity index (χ3n) is 3.48. The van der Waals surface area contributed by atoms with Crippen molar-refractivity contribution < 1.29 is 20.1 Å². The van der Waals surface area contributed by atoms with Gasteiger partial charge in [0.1, 0.15) is 23.7 Å². The van der Waals surface area contributed by atoms with Gasteiger partial charge in [0.2, 0.25) is 0 Å². The van der Waals surface area contributed by atoms with E-state index in [0.29, 0.717) is 11.7 Å². The van der Waals surface area contributed by atoms with E-state index in [9.17, 15) is 15.3 Å². The molecule has 0 aromatic rings. The van der Waals surface area contributed by atoms with Crippen LogP contribution in [0.5, 0.6) is 0 Å². The third kappa shape index (κ3) is 2.90. The van der Waals surface area contributed by atoms with Gasteiger partial charge < -0.3 is 25.4 Å². The summed E-state index contributed by atoms with van der Waals surface area (Å²) in [5.41, 5.74) is -0.331. The Labute approximate surface area is 117 Å². The van der Waals surface area contributed by atoms with E-state index in [2.05, 4.69) is 10.3 Å². The first-order valence-electron chi connectivity index (χ1n) is 6.63. The summed E-state index contributed by atoms with van der Waals surface area (Å²) < 4.78 is 5.75. The van der Waals surface area contributed by atoms with E-state index in [0.717, 1.165) is 0 Å². The molecule has 2 rings (SSSR count). The van der Waals surface area contributed by atoms with Crippen LogP contribution >= 0.6 is 11.8 Å². The minimum absolute atomic E-state index is 0.0495. The van der Waals surface area contributed by atoms with Crippen LogP contribution in [0.25, 0.3) is 0 Å². The molecule has 0 saturated carbocycles. The molecule has 2 aliphatic rings. The van der Waals surface area contributed by atoms with Crippen molar-refractivity contribution >= 4 is 16.9 Å². The minimum atomic E-state index is -1.10. The second-order valence-corrected chi connectivity index (χ2v) is 6.34. The number of aliphatic imine (C=N–C) groups is 1. The first kappa shape index (κ1) is 15.1. The number of aliphatic hydroxyl groups excluding tert-OH is 3. The monoisotopic (exact) mass is 290 g/mol. The van der Waals surface area contributed by atoms with Gasteiger partial charge in [-0.15, -0.1) is 0 Å². The lowest BCUT2D eigenvalue weighted by Gasteiger charge is -2.41. The maximum Gasteiger partial charge on any atom is 0.159 e. The molecule has 0 aliphatic carbocycles. The molecule has 2 aliphatic heterocycles. The molecule has 6 nitrogen and oxygen atoms in total. The zero-order valence-electron chi connectivity index (χ0n) is 11.4. The Morgan fingerprint density at radius 3 is 2.63 bits per heavy atom. The van der Waals surface area contributed by atoms with Crippen molar-refractivity contribution in [2.75, 3.05) is 6.54 Å². The van der Waals surface area contributed by atoms with Crippen LogP contribution in [-0.4, -0.2) is 62.9 Å². The summed E-state index contributed by atoms with van der Waals surface area (Å²) in [6.45, 7) is 6.27. The predicted octanol–water partition coefficient (Wildman–Crippen LogP) is -0.469. The lowest BCUT2D eigenvalue weighted by Crippen LogP contribution is -2.62. The average Bonchev–Trinajstić information content (AvgIpc) is 2.76. The minimum Gasteiger partial charge on any atom is -0.390 e. The van der Waals surface area contributed by atoms with Crippen molar-refractivity contribution in [3.63, 3.8) is 0 Å². The van der Waals surface area contributed by atoms with Gasteiger partial charge in [0.25, 0.3) is 0 Å². The first-order chi connectivity index (χ1) is 8.95. The van der Waals surface area contributed by atoms with Gasteiger partial charge in [-0.2, -0.15) is 0 Å². The fraction of sp³-hybridized carbons (Fsp3) is 0.917. The number of amidine groups is 1. The van der Waals surface area contributed by atoms with Crippen molar-refractivity contribution in [1.82, 2.24) is 5.32 Å². The van der Waals surface area contributed by atoms with E-state index in [1.54, 1.807) is 0 Å². The Kier molecular flexibility index (Phi) is 4.73. The Morgan fingerprint density at radius 2 is 2.05 bits per heavy atom. The van der Waals surface area contributed by atoms with E-state index >= 15 is 0 Å². The summed E-state index contributed by atoms with van der Waals surface area (Å²) in [7, 11) is 0. The van der Waals surface area contributed by atoms with Gasteiger partial charge in [-0.25, -0.2) is 0 Å². The zero-order valence-corrected chi connectivity index (χ0v) is 12.2. The summed E-state index contributed by atoms with van der Waals surface area (Å²) in [5.74, 6) is -0.0495. The number of hydrogen-bond donors (Lipinski definition) is 4. The SMILES string of the molecule is CCN=C1N[C@@H]2[C@@H](O)[C@H](O)[C@@H]([C@H](O)C(C)C)O[C@@H]2S1. The topological polar surface area (TPSA) is 94.3 Å². The Morgan fingerprint density at radius 1 is 1.37 bits per heavy atom. The first-order valence-corrected chi connectivity index (χ1v) is 7.51. The molecule has 110 valence electrons. The number of fused-ring (bicyclic) bond motifs is 1. The van der Waals surface area contributed by atoms with Crippen molar-refractivity contribution in [3.8, 4) is 0 Å². The molecular weight excluding hydrogens is 268 g/mol. The molecule has 2 heterocycles. The van der Waals surface area contributed by atoms with Crippen LogP contribution in [0.4, 0.5) is 0 Å². The van der Waals surface area contributed by atoms with E-state index in [-0.39, 0.29) is 17.4 Å². The smallest absolute Gasteiger partial charge is 0.159 e. The van der Waals surface area contributed by atoms with Crippen LogP contribution < -0.4 is 5.32 Å². The van der Waals surface area contributed by atoms with Gasteiger partial charge in [0.15, 0.2) is 5.17 Å². The Bertz CT molecular complexity index is 353. The van der Waals surface area contributed by atoms with Crippen molar-refractivity contribution in [2.45, 2.75) is 56.7 Å². The summed E-state index contributed by atoms with van der Waals surface area (Å²) in [5, 5.41) is 34.1. The highest BCUT2D eigenvalue weighted by atomic mass is 32.2. The maximum atomic E-state index is 10.2. The van der Waals surface area contributed by atoms with Crippen LogP contribution in [0.1, 0.15) is 20.8 Å². The lowest BCUT2D eigenvalue weighted by atomic mass is 9.90. The number of nitrogens with one attached hydrogen (secondary N) is 1. The van der Waals surface area contributed by atoms with Gasteiger partial charge in [0, 0.05) is 6.54 Å². The molecule has 7 heteroatoms. The molecule has 0 spiro atoms. The van der Waals surface area contributed by atoms with Gasteiger partial charge in [0.05, 0.1) is 12.1 Å². The van der Waals surface area contributed by atoms with Gasteiger partial charge in [-0.3, -0.25) is 4.99 Å². The van der Waals surface area contributed by atoms with Gasteiger partial charge >= 0.3 is 0 Å². The van der Waals surface area contributed by atoms with Crippen LogP contribution in [0.3, 0.4) is 0 Å². The fourth-order valence-electron chi connectivity index (χ4n) is 2.32. The Hall–Kier alpha value is -0.340. The molecule has 0 unspecified atom stereocenters. The van der Waals surface area contributed by atoms with Crippen LogP contribution in [0.15, 0.2) is 4.99 Å². The molecule has 0 radical (unpaired) electrons. The summed E-state index contributed by atoms with van der Waals surface area (Å²) in [4.78, 5) is 4.25. The predicted molar refractivity (Wildman–Crippen MR) is 74.0 cm³/mol. The van der Waals surface area contributed by atoms with Crippen molar-refractivity contribution in [3.05, 3.63) is 0 Å². The van der Waals surface area contributed by atoms with E-state index < -0.39 is 24.4 Å². The second kappa shape index (κ2) is 5.97. The van der Waals surface area contributed by atoms with Gasteiger partial charge in [-0.05, 0) is 12.8 Å². The number of ether oxygens (including phenoxy) is 1. The molecule has 0 aromatic carbocycles. The number of aliphatic hydroxyl groups is 3. The van der Waals surface area contributed by atoms with Crippen LogP contribution in [0, 0.1) is 5.92 Å². The standard InChI is InChI=1S/C12H22N2O4S/c1-4-13-12-14-6-8(16)9(17)10(7(15)5(2)3)18-11(6)19-12/h5-11,15-17H,4H2,1-3H3,(H,13,14)/t6-,7-,8-,9+,10-,11-/m1/s1. The summed E-state index contributed by atoms with van der Waals surface area (Å²) in [6.07, 6.45) is -3.66. The molecule has 0 amide bonds. The number of rotatable bonds is 3. The summed E-state index contributed by atoms with van der Waals surface area (Å²) in [6, 6.07) is -0.388. The van der Waals surface area contributed by atoms with Crippen LogP contribution in [0.2, 0.25) is 0 Å². The summed E-state index contributed by atoms with van der Waals surface area (Å²) >= 11 is 1.39. The molecule has 2 saturated heterocycles. The highest BCUT2D eigenvalue weighted by Crippen LogP contribution is 2.35. The highest BCUT2D eigenvalue weighted by Gasteiger charge is 2.51. The molecule has 0 aromatic heterocycles. The highest BCUT2D eigenvalue weighted by molar-refractivity contribution is 8.14. The molecule has 0 bridgehead atoms. The third-order valence-corrected chi connectivity index (χ3v) is 4.59. The maximum absolute atomic E-state index is 10.2. The van der Waals surface area contributed by atoms with Crippen molar-refractivity contribution in [1.29, 1.82) is 0 Å². The van der Waals surface area contributed by atoms with E-state index in [1.807, 2.05) is 20.8 Å². The number of hydrogen-bond acceptors (Lipinski definition) is 6. The van der Waals surface area contributed by atoms with Gasteiger partial charge in [-0.1, -0.05) is 25.6 Å². The number of nitrogens with zero attached hydrogens (tertiary/aromatic N) is 1. The molecule has 4 N–H and O–H groups in total. The zero-order chi connectivity index (χ0) is 14.2. The fourth-order valence-corrected chi connectivity index (χ4v) is 3.50. The normalized spacial score (nSPS) is 42.3. The largest absolute Gasteiger partial charge is 0.390 e. The average molecular weight is 290 g/mol.